The number of hydrogen-bond acceptors (Lipinski definition) is 2. The summed E-state index contributed by atoms with van der Waals surface area (Å²) in [5.41, 5.74) is 4.04. The van der Waals surface area contributed by atoms with Crippen LogP contribution in [-0.2, 0) is 12.7 Å². The first-order chi connectivity index (χ1) is 7.96. The van der Waals surface area contributed by atoms with Gasteiger partial charge in [0.1, 0.15) is 5.82 Å². The Labute approximate surface area is 96.8 Å². The Morgan fingerprint density at radius 3 is 2.53 bits per heavy atom. The third-order valence-electron chi connectivity index (χ3n) is 2.26. The fourth-order valence-electron chi connectivity index (χ4n) is 1.39. The summed E-state index contributed by atoms with van der Waals surface area (Å²) < 4.78 is 50.7. The topological polar surface area (TPSA) is 38.0 Å². The molecule has 6 heteroatoms. The van der Waals surface area contributed by atoms with Gasteiger partial charge < -0.3 is 11.1 Å². The zero-order valence-corrected chi connectivity index (χ0v) is 9.15. The quantitative estimate of drug-likeness (QED) is 0.621. The van der Waals surface area contributed by atoms with Crippen molar-refractivity contribution in [1.82, 2.24) is 5.32 Å². The van der Waals surface area contributed by atoms with E-state index in [0.29, 0.717) is 19.5 Å². The molecule has 1 rings (SSSR count). The molecule has 0 heterocycles. The van der Waals surface area contributed by atoms with Gasteiger partial charge in [-0.3, -0.25) is 0 Å². The lowest BCUT2D eigenvalue weighted by Crippen LogP contribution is -2.19. The first kappa shape index (κ1) is 13.9. The minimum Gasteiger partial charge on any atom is -0.330 e. The first-order valence-electron chi connectivity index (χ1n) is 5.22. The third-order valence-corrected chi connectivity index (χ3v) is 2.26. The lowest BCUT2D eigenvalue weighted by atomic mass is 10.1. The molecule has 0 fully saturated rings. The molecule has 17 heavy (non-hydrogen) atoms. The number of rotatable bonds is 5. The molecule has 0 saturated carbocycles. The van der Waals surface area contributed by atoms with E-state index < -0.39 is 17.6 Å². The Kier molecular flexibility index (Phi) is 4.89. The lowest BCUT2D eigenvalue weighted by Gasteiger charge is -2.11. The van der Waals surface area contributed by atoms with Crippen molar-refractivity contribution in [2.45, 2.75) is 19.1 Å². The second kappa shape index (κ2) is 5.97. The van der Waals surface area contributed by atoms with Crippen molar-refractivity contribution in [2.75, 3.05) is 13.1 Å². The van der Waals surface area contributed by atoms with E-state index in [4.69, 9.17) is 5.73 Å². The van der Waals surface area contributed by atoms with Gasteiger partial charge in [-0.15, -0.1) is 0 Å². The second-order valence-electron chi connectivity index (χ2n) is 3.60. The van der Waals surface area contributed by atoms with Crippen LogP contribution < -0.4 is 11.1 Å². The Morgan fingerprint density at radius 1 is 1.24 bits per heavy atom. The standard InChI is InChI=1S/C11H14F4N2/c12-10-8(7-17-6-2-5-16)3-1-4-9(10)11(13,14)15/h1,3-4,17H,2,5-7,16H2. The highest BCUT2D eigenvalue weighted by atomic mass is 19.4. The Balaban J connectivity index is 2.74. The number of benzene rings is 1. The molecule has 0 atom stereocenters. The maximum atomic E-state index is 13.5. The van der Waals surface area contributed by atoms with Crippen LogP contribution >= 0.6 is 0 Å². The average molecular weight is 250 g/mol. The van der Waals surface area contributed by atoms with Gasteiger partial charge in [0, 0.05) is 12.1 Å². The maximum absolute atomic E-state index is 13.5. The summed E-state index contributed by atoms with van der Waals surface area (Å²) in [5, 5.41) is 2.83. The van der Waals surface area contributed by atoms with Crippen molar-refractivity contribution < 1.29 is 17.6 Å². The van der Waals surface area contributed by atoms with Gasteiger partial charge in [-0.1, -0.05) is 12.1 Å². The molecule has 2 nitrogen and oxygen atoms in total. The largest absolute Gasteiger partial charge is 0.419 e. The molecule has 0 saturated heterocycles. The molecule has 0 spiro atoms. The van der Waals surface area contributed by atoms with Crippen molar-refractivity contribution in [3.05, 3.63) is 35.1 Å². The van der Waals surface area contributed by atoms with Gasteiger partial charge in [-0.25, -0.2) is 4.39 Å². The van der Waals surface area contributed by atoms with Crippen LogP contribution in [0.3, 0.4) is 0 Å². The van der Waals surface area contributed by atoms with E-state index in [1.54, 1.807) is 0 Å². The first-order valence-corrected chi connectivity index (χ1v) is 5.22. The molecule has 3 N–H and O–H groups in total. The summed E-state index contributed by atoms with van der Waals surface area (Å²) in [6.45, 7) is 1.10. The van der Waals surface area contributed by atoms with Gasteiger partial charge in [0.05, 0.1) is 5.56 Å². The van der Waals surface area contributed by atoms with Crippen LogP contribution in [0.2, 0.25) is 0 Å². The van der Waals surface area contributed by atoms with Gasteiger partial charge in [0.25, 0.3) is 0 Å². The molecule has 0 aliphatic heterocycles. The fourth-order valence-corrected chi connectivity index (χ4v) is 1.39. The molecule has 1 aromatic rings. The molecule has 0 aromatic heterocycles. The van der Waals surface area contributed by atoms with Crippen LogP contribution in [0.4, 0.5) is 17.6 Å². The molecular weight excluding hydrogens is 236 g/mol. The molecule has 0 amide bonds. The van der Waals surface area contributed by atoms with E-state index in [-0.39, 0.29) is 12.1 Å². The highest BCUT2D eigenvalue weighted by Gasteiger charge is 2.34. The van der Waals surface area contributed by atoms with E-state index in [0.717, 1.165) is 6.07 Å². The van der Waals surface area contributed by atoms with Crippen LogP contribution in [0.5, 0.6) is 0 Å². The van der Waals surface area contributed by atoms with Crippen LogP contribution in [0.15, 0.2) is 18.2 Å². The monoisotopic (exact) mass is 250 g/mol. The minimum atomic E-state index is -4.66. The Bertz CT molecular complexity index is 363. The summed E-state index contributed by atoms with van der Waals surface area (Å²) in [6.07, 6.45) is -3.96. The van der Waals surface area contributed by atoms with Crippen molar-refractivity contribution in [2.24, 2.45) is 5.73 Å². The van der Waals surface area contributed by atoms with Crippen molar-refractivity contribution in [3.8, 4) is 0 Å². The van der Waals surface area contributed by atoms with Crippen LogP contribution in [0, 0.1) is 5.82 Å². The molecule has 0 aliphatic rings. The second-order valence-corrected chi connectivity index (χ2v) is 3.60. The highest BCUT2D eigenvalue weighted by molar-refractivity contribution is 5.28. The Morgan fingerprint density at radius 2 is 1.94 bits per heavy atom. The summed E-state index contributed by atoms with van der Waals surface area (Å²) >= 11 is 0. The molecule has 0 bridgehead atoms. The SMILES string of the molecule is NCCCNCc1cccc(C(F)(F)F)c1F. The summed E-state index contributed by atoms with van der Waals surface area (Å²) in [4.78, 5) is 0. The number of hydrogen-bond donors (Lipinski definition) is 2. The van der Waals surface area contributed by atoms with Crippen molar-refractivity contribution in [3.63, 3.8) is 0 Å². The fraction of sp³-hybridized carbons (Fsp3) is 0.455. The van der Waals surface area contributed by atoms with Gasteiger partial charge >= 0.3 is 6.18 Å². The summed E-state index contributed by atoms with van der Waals surface area (Å²) in [5.74, 6) is -1.21. The maximum Gasteiger partial charge on any atom is 0.419 e. The van der Waals surface area contributed by atoms with Gasteiger partial charge in [-0.05, 0) is 25.6 Å². The van der Waals surface area contributed by atoms with Crippen LogP contribution in [0.1, 0.15) is 17.5 Å². The summed E-state index contributed by atoms with van der Waals surface area (Å²) in [7, 11) is 0. The molecule has 1 aromatic carbocycles. The number of halogens is 4. The van der Waals surface area contributed by atoms with Crippen molar-refractivity contribution in [1.29, 1.82) is 0 Å². The smallest absolute Gasteiger partial charge is 0.330 e. The number of nitrogens with one attached hydrogen (secondary N) is 1. The van der Waals surface area contributed by atoms with E-state index in [1.807, 2.05) is 0 Å². The van der Waals surface area contributed by atoms with Gasteiger partial charge in [0.15, 0.2) is 0 Å². The molecular formula is C11H14F4N2. The van der Waals surface area contributed by atoms with Crippen LogP contribution in [0.25, 0.3) is 0 Å². The third kappa shape index (κ3) is 3.98. The van der Waals surface area contributed by atoms with Gasteiger partial charge in [0.2, 0.25) is 0 Å². The molecule has 0 radical (unpaired) electrons. The van der Waals surface area contributed by atoms with E-state index in [9.17, 15) is 17.6 Å². The zero-order chi connectivity index (χ0) is 12.9. The molecule has 96 valence electrons. The predicted molar refractivity (Wildman–Crippen MR) is 56.8 cm³/mol. The average Bonchev–Trinajstić information content (AvgIpc) is 2.25. The predicted octanol–water partition coefficient (Wildman–Crippen LogP) is 2.28. The van der Waals surface area contributed by atoms with Crippen molar-refractivity contribution >= 4 is 0 Å². The van der Waals surface area contributed by atoms with Gasteiger partial charge in [-0.2, -0.15) is 13.2 Å². The van der Waals surface area contributed by atoms with Crippen LogP contribution in [-0.4, -0.2) is 13.1 Å². The van der Waals surface area contributed by atoms with E-state index in [1.165, 1.54) is 12.1 Å². The molecule has 0 aliphatic carbocycles. The number of nitrogens with two attached hydrogens (primary N) is 1. The minimum absolute atomic E-state index is 0.0110. The zero-order valence-electron chi connectivity index (χ0n) is 9.15. The molecule has 0 unspecified atom stereocenters. The lowest BCUT2D eigenvalue weighted by molar-refractivity contribution is -0.140. The highest BCUT2D eigenvalue weighted by Crippen LogP contribution is 2.32. The Hall–Kier alpha value is -1.14. The summed E-state index contributed by atoms with van der Waals surface area (Å²) in [6, 6.07) is 3.27. The van der Waals surface area contributed by atoms with E-state index >= 15 is 0 Å². The number of alkyl halides is 3. The normalized spacial score (nSPS) is 11.8. The van der Waals surface area contributed by atoms with E-state index in [2.05, 4.69) is 5.32 Å².